The maximum absolute atomic E-state index is 5.48. The molecule has 1 aliphatic rings. The van der Waals surface area contributed by atoms with Gasteiger partial charge in [0, 0.05) is 31.3 Å². The lowest BCUT2D eigenvalue weighted by atomic mass is 10.0. The molecule has 2 rings (SSSR count). The highest BCUT2D eigenvalue weighted by Crippen LogP contribution is 2.26. The van der Waals surface area contributed by atoms with Crippen molar-refractivity contribution < 1.29 is 4.74 Å². The minimum absolute atomic E-state index is 0.478. The Morgan fingerprint density at radius 3 is 3.00 bits per heavy atom. The second-order valence-electron chi connectivity index (χ2n) is 5.68. The first-order valence-corrected chi connectivity index (χ1v) is 6.97. The summed E-state index contributed by atoms with van der Waals surface area (Å²) >= 11 is 0. The zero-order valence-electron chi connectivity index (χ0n) is 11.7. The van der Waals surface area contributed by atoms with E-state index < -0.39 is 0 Å². The third-order valence-corrected chi connectivity index (χ3v) is 3.69. The highest BCUT2D eigenvalue weighted by molar-refractivity contribution is 5.01. The first kappa shape index (κ1) is 13.6. The fourth-order valence-electron chi connectivity index (χ4n) is 2.48. The minimum atomic E-state index is 0.478. The molecule has 2 unspecified atom stereocenters. The number of ether oxygens (including phenoxy) is 1. The van der Waals surface area contributed by atoms with Gasteiger partial charge >= 0.3 is 0 Å². The minimum Gasteiger partial charge on any atom is -0.381 e. The molecule has 0 spiro atoms. The lowest BCUT2D eigenvalue weighted by molar-refractivity contribution is 0.174. The summed E-state index contributed by atoms with van der Waals surface area (Å²) in [6, 6.07) is 0.478. The van der Waals surface area contributed by atoms with E-state index in [4.69, 9.17) is 4.74 Å². The molecule has 0 amide bonds. The van der Waals surface area contributed by atoms with Gasteiger partial charge in [0.05, 0.1) is 18.6 Å². The topological polar surface area (TPSA) is 39.1 Å². The van der Waals surface area contributed by atoms with Crippen LogP contribution in [0.3, 0.4) is 0 Å². The number of hydrogen-bond acceptors (Lipinski definition) is 3. The van der Waals surface area contributed by atoms with Gasteiger partial charge in [-0.3, -0.25) is 0 Å². The zero-order valence-corrected chi connectivity index (χ0v) is 11.7. The fraction of sp³-hybridized carbons (Fsp3) is 0.786. The van der Waals surface area contributed by atoms with Gasteiger partial charge in [-0.2, -0.15) is 0 Å². The number of hydrogen-bond donors (Lipinski definition) is 1. The maximum atomic E-state index is 5.48. The summed E-state index contributed by atoms with van der Waals surface area (Å²) in [5.41, 5.74) is 1.27. The molecule has 18 heavy (non-hydrogen) atoms. The first-order chi connectivity index (χ1) is 8.68. The average Bonchev–Trinajstić information content (AvgIpc) is 2.98. The van der Waals surface area contributed by atoms with Crippen molar-refractivity contribution in [3.05, 3.63) is 18.2 Å². The zero-order chi connectivity index (χ0) is 13.0. The molecule has 0 aromatic carbocycles. The molecule has 2 atom stereocenters. The molecule has 1 aliphatic heterocycles. The van der Waals surface area contributed by atoms with Crippen LogP contribution in [0.4, 0.5) is 0 Å². The first-order valence-electron chi connectivity index (χ1n) is 6.97. The number of imidazole rings is 1. The second-order valence-corrected chi connectivity index (χ2v) is 5.68. The Morgan fingerprint density at radius 1 is 1.50 bits per heavy atom. The molecule has 1 fully saturated rings. The Hall–Kier alpha value is -0.870. The number of nitrogens with one attached hydrogen (secondary N) is 1. The highest BCUT2D eigenvalue weighted by atomic mass is 16.5. The van der Waals surface area contributed by atoms with Gasteiger partial charge < -0.3 is 14.6 Å². The van der Waals surface area contributed by atoms with Crippen LogP contribution in [0, 0.1) is 11.8 Å². The predicted molar refractivity (Wildman–Crippen MR) is 72.4 cm³/mol. The van der Waals surface area contributed by atoms with Crippen molar-refractivity contribution in [3.8, 4) is 0 Å². The SMILES string of the molecule is CC(C)CNCc1cncn1C(C)C1CCOC1. The van der Waals surface area contributed by atoms with Crippen molar-refractivity contribution in [1.29, 1.82) is 0 Å². The van der Waals surface area contributed by atoms with Crippen molar-refractivity contribution in [3.63, 3.8) is 0 Å². The normalized spacial score (nSPS) is 21.7. The Balaban J connectivity index is 1.93. The van der Waals surface area contributed by atoms with Crippen LogP contribution in [-0.2, 0) is 11.3 Å². The van der Waals surface area contributed by atoms with Gasteiger partial charge in [0.15, 0.2) is 0 Å². The summed E-state index contributed by atoms with van der Waals surface area (Å²) in [6.45, 7) is 10.5. The lowest BCUT2D eigenvalue weighted by Crippen LogP contribution is -2.23. The number of nitrogens with zero attached hydrogens (tertiary/aromatic N) is 2. The molecule has 4 nitrogen and oxygen atoms in total. The summed E-state index contributed by atoms with van der Waals surface area (Å²) in [5, 5.41) is 3.48. The summed E-state index contributed by atoms with van der Waals surface area (Å²) in [5.74, 6) is 1.31. The Kier molecular flexibility index (Phi) is 4.78. The van der Waals surface area contributed by atoms with Crippen molar-refractivity contribution in [1.82, 2.24) is 14.9 Å². The van der Waals surface area contributed by atoms with E-state index in [-0.39, 0.29) is 0 Å². The summed E-state index contributed by atoms with van der Waals surface area (Å²) < 4.78 is 7.78. The maximum Gasteiger partial charge on any atom is 0.0951 e. The van der Waals surface area contributed by atoms with E-state index in [0.29, 0.717) is 17.9 Å². The Labute approximate surface area is 110 Å². The molecule has 1 aromatic heterocycles. The van der Waals surface area contributed by atoms with Crippen LogP contribution in [0.2, 0.25) is 0 Å². The molecule has 2 heterocycles. The molecule has 4 heteroatoms. The van der Waals surface area contributed by atoms with Crippen LogP contribution in [0.15, 0.2) is 12.5 Å². The Morgan fingerprint density at radius 2 is 2.33 bits per heavy atom. The third-order valence-electron chi connectivity index (χ3n) is 3.69. The van der Waals surface area contributed by atoms with Crippen molar-refractivity contribution in [2.24, 2.45) is 11.8 Å². The van der Waals surface area contributed by atoms with Gasteiger partial charge in [0.25, 0.3) is 0 Å². The van der Waals surface area contributed by atoms with Crippen LogP contribution in [0.5, 0.6) is 0 Å². The molecular weight excluding hydrogens is 226 g/mol. The molecule has 1 saturated heterocycles. The second kappa shape index (κ2) is 6.34. The van der Waals surface area contributed by atoms with Crippen molar-refractivity contribution in [2.75, 3.05) is 19.8 Å². The van der Waals surface area contributed by atoms with Crippen LogP contribution in [-0.4, -0.2) is 29.3 Å². The van der Waals surface area contributed by atoms with Crippen molar-refractivity contribution in [2.45, 2.75) is 39.8 Å². The van der Waals surface area contributed by atoms with Gasteiger partial charge in [0.2, 0.25) is 0 Å². The smallest absolute Gasteiger partial charge is 0.0951 e. The summed E-state index contributed by atoms with van der Waals surface area (Å²) in [4.78, 5) is 4.29. The van der Waals surface area contributed by atoms with E-state index >= 15 is 0 Å². The van der Waals surface area contributed by atoms with Crippen LogP contribution in [0.1, 0.15) is 38.9 Å². The highest BCUT2D eigenvalue weighted by Gasteiger charge is 2.24. The van der Waals surface area contributed by atoms with Gasteiger partial charge in [-0.1, -0.05) is 13.8 Å². The summed E-state index contributed by atoms with van der Waals surface area (Å²) in [6.07, 6.45) is 5.09. The van der Waals surface area contributed by atoms with Gasteiger partial charge in [-0.25, -0.2) is 4.98 Å². The monoisotopic (exact) mass is 251 g/mol. The predicted octanol–water partition coefficient (Wildman–Crippen LogP) is 2.23. The molecule has 0 aliphatic carbocycles. The average molecular weight is 251 g/mol. The van der Waals surface area contributed by atoms with E-state index in [2.05, 4.69) is 35.6 Å². The van der Waals surface area contributed by atoms with E-state index in [1.165, 1.54) is 5.69 Å². The van der Waals surface area contributed by atoms with Gasteiger partial charge in [0.1, 0.15) is 0 Å². The lowest BCUT2D eigenvalue weighted by Gasteiger charge is -2.22. The quantitative estimate of drug-likeness (QED) is 0.842. The standard InChI is InChI=1S/C14H25N3O/c1-11(2)6-15-7-14-8-16-10-17(14)12(3)13-4-5-18-9-13/h8,10-13,15H,4-7,9H2,1-3H3. The van der Waals surface area contributed by atoms with Gasteiger partial charge in [-0.15, -0.1) is 0 Å². The molecule has 0 saturated carbocycles. The van der Waals surface area contributed by atoms with E-state index in [0.717, 1.165) is 32.7 Å². The number of rotatable bonds is 6. The molecule has 0 radical (unpaired) electrons. The van der Waals surface area contributed by atoms with Crippen LogP contribution >= 0.6 is 0 Å². The molecule has 102 valence electrons. The molecule has 1 N–H and O–H groups in total. The fourth-order valence-corrected chi connectivity index (χ4v) is 2.48. The molecule has 1 aromatic rings. The van der Waals surface area contributed by atoms with Crippen molar-refractivity contribution >= 4 is 0 Å². The van der Waals surface area contributed by atoms with E-state index in [1.807, 2.05) is 12.5 Å². The summed E-state index contributed by atoms with van der Waals surface area (Å²) in [7, 11) is 0. The Bertz CT molecular complexity index is 356. The van der Waals surface area contributed by atoms with E-state index in [1.54, 1.807) is 0 Å². The van der Waals surface area contributed by atoms with Gasteiger partial charge in [-0.05, 0) is 25.8 Å². The molecular formula is C14H25N3O. The van der Waals surface area contributed by atoms with E-state index in [9.17, 15) is 0 Å². The molecule has 0 bridgehead atoms. The van der Waals surface area contributed by atoms with Crippen LogP contribution in [0.25, 0.3) is 0 Å². The third kappa shape index (κ3) is 3.33. The van der Waals surface area contributed by atoms with Crippen LogP contribution < -0.4 is 5.32 Å². The largest absolute Gasteiger partial charge is 0.381 e. The number of aromatic nitrogens is 2.